The molecular weight excluding hydrogens is 508 g/mol. The van der Waals surface area contributed by atoms with E-state index in [2.05, 4.69) is 5.10 Å². The molecule has 0 amide bonds. The van der Waals surface area contributed by atoms with Crippen molar-refractivity contribution in [1.82, 2.24) is 18.9 Å². The fourth-order valence-electron chi connectivity index (χ4n) is 4.34. The van der Waals surface area contributed by atoms with Gasteiger partial charge in [0.25, 0.3) is 5.56 Å². The van der Waals surface area contributed by atoms with Crippen LogP contribution in [0.15, 0.2) is 52.3 Å². The molecule has 0 aliphatic heterocycles. The maximum absolute atomic E-state index is 14.0. The molecule has 0 unspecified atom stereocenters. The number of carbonyl (C=O) groups is 1. The van der Waals surface area contributed by atoms with Crippen molar-refractivity contribution in [2.45, 2.75) is 52.8 Å². The molecule has 0 aliphatic carbocycles. The van der Waals surface area contributed by atoms with E-state index in [9.17, 15) is 19.5 Å². The standard InChI is InChI=1S/C27H32N4O6S/c1-16(2)15-37-20(18-10-7-8-11-19(18)36-6)14-29-24-21(17(3)23(38-24)30-13-9-12-28-30)22(32)31(26(29)35)27(4,5)25(33)34/h7-13,16,20H,14-15H2,1-6H3,(H,33,34)/t20-/m0/s1. The van der Waals surface area contributed by atoms with Crippen molar-refractivity contribution in [3.05, 3.63) is 74.7 Å². The number of nitrogens with zero attached hydrogens (tertiary/aromatic N) is 4. The number of hydrogen-bond acceptors (Lipinski definition) is 7. The summed E-state index contributed by atoms with van der Waals surface area (Å²) in [5, 5.41) is 15.2. The third-order valence-electron chi connectivity index (χ3n) is 6.45. The number of para-hydroxylation sites is 1. The molecular formula is C27H32N4O6S. The van der Waals surface area contributed by atoms with Gasteiger partial charge in [0.05, 0.1) is 19.0 Å². The van der Waals surface area contributed by atoms with Crippen LogP contribution in [0.4, 0.5) is 0 Å². The molecule has 11 heteroatoms. The summed E-state index contributed by atoms with van der Waals surface area (Å²) in [6, 6.07) is 9.17. The molecule has 1 N–H and O–H groups in total. The van der Waals surface area contributed by atoms with E-state index in [1.165, 1.54) is 29.8 Å². The summed E-state index contributed by atoms with van der Waals surface area (Å²) in [6.45, 7) is 8.97. The Balaban J connectivity index is 2.03. The zero-order chi connectivity index (χ0) is 27.8. The smallest absolute Gasteiger partial charge is 0.333 e. The molecule has 0 saturated heterocycles. The topological polar surface area (TPSA) is 118 Å². The highest BCUT2D eigenvalue weighted by atomic mass is 32.1. The van der Waals surface area contributed by atoms with E-state index in [4.69, 9.17) is 9.47 Å². The predicted molar refractivity (Wildman–Crippen MR) is 146 cm³/mol. The fourth-order valence-corrected chi connectivity index (χ4v) is 5.58. The van der Waals surface area contributed by atoms with Gasteiger partial charge in [0.1, 0.15) is 27.2 Å². The lowest BCUT2D eigenvalue weighted by Crippen LogP contribution is -2.52. The van der Waals surface area contributed by atoms with Gasteiger partial charge >= 0.3 is 11.7 Å². The molecule has 202 valence electrons. The average Bonchev–Trinajstić information content (AvgIpc) is 3.51. The third-order valence-corrected chi connectivity index (χ3v) is 7.75. The molecule has 38 heavy (non-hydrogen) atoms. The molecule has 0 radical (unpaired) electrons. The molecule has 3 heterocycles. The maximum atomic E-state index is 14.0. The summed E-state index contributed by atoms with van der Waals surface area (Å²) < 4.78 is 15.8. The Morgan fingerprint density at radius 3 is 2.50 bits per heavy atom. The number of hydrogen-bond donors (Lipinski definition) is 1. The molecule has 1 aromatic carbocycles. The summed E-state index contributed by atoms with van der Waals surface area (Å²) >= 11 is 1.25. The van der Waals surface area contributed by atoms with Crippen molar-refractivity contribution in [1.29, 1.82) is 0 Å². The van der Waals surface area contributed by atoms with E-state index >= 15 is 0 Å². The van der Waals surface area contributed by atoms with Gasteiger partial charge < -0.3 is 14.6 Å². The van der Waals surface area contributed by atoms with Crippen molar-refractivity contribution in [2.24, 2.45) is 5.92 Å². The number of aliphatic carboxylic acids is 1. The first kappa shape index (κ1) is 27.3. The Kier molecular flexibility index (Phi) is 7.61. The minimum absolute atomic E-state index is 0.0386. The second kappa shape index (κ2) is 10.6. The highest BCUT2D eigenvalue weighted by Crippen LogP contribution is 2.34. The second-order valence-electron chi connectivity index (χ2n) is 10.0. The molecule has 3 aromatic heterocycles. The Hall–Kier alpha value is -3.70. The van der Waals surface area contributed by atoms with Gasteiger partial charge in [0.2, 0.25) is 0 Å². The van der Waals surface area contributed by atoms with E-state index < -0.39 is 28.9 Å². The number of benzene rings is 1. The summed E-state index contributed by atoms with van der Waals surface area (Å²) in [5.74, 6) is -0.469. The van der Waals surface area contributed by atoms with Crippen LogP contribution in [0, 0.1) is 12.8 Å². The van der Waals surface area contributed by atoms with Crippen LogP contribution in [0.1, 0.15) is 44.9 Å². The Bertz CT molecular complexity index is 1580. The summed E-state index contributed by atoms with van der Waals surface area (Å²) in [5.41, 5.74) is -1.82. The molecule has 0 saturated carbocycles. The number of carboxylic acids is 1. The predicted octanol–water partition coefficient (Wildman–Crippen LogP) is 3.96. The van der Waals surface area contributed by atoms with E-state index in [1.807, 2.05) is 38.1 Å². The summed E-state index contributed by atoms with van der Waals surface area (Å²) in [4.78, 5) is 40.3. The number of aromatic nitrogens is 4. The molecule has 0 aliphatic rings. The average molecular weight is 541 g/mol. The van der Waals surface area contributed by atoms with Crippen LogP contribution in [-0.4, -0.2) is 43.7 Å². The maximum Gasteiger partial charge on any atom is 0.333 e. The molecule has 1 atom stereocenters. The Morgan fingerprint density at radius 2 is 1.89 bits per heavy atom. The normalized spacial score (nSPS) is 12.8. The number of rotatable bonds is 10. The Morgan fingerprint density at radius 1 is 1.18 bits per heavy atom. The van der Waals surface area contributed by atoms with Crippen LogP contribution in [0.3, 0.4) is 0 Å². The molecule has 0 bridgehead atoms. The molecule has 10 nitrogen and oxygen atoms in total. The minimum atomic E-state index is -1.79. The first-order valence-electron chi connectivity index (χ1n) is 12.3. The molecule has 4 rings (SSSR count). The second-order valence-corrected chi connectivity index (χ2v) is 11.0. The van der Waals surface area contributed by atoms with Gasteiger partial charge in [-0.15, -0.1) is 0 Å². The van der Waals surface area contributed by atoms with Gasteiger partial charge in [-0.25, -0.2) is 18.8 Å². The lowest BCUT2D eigenvalue weighted by Gasteiger charge is -2.26. The van der Waals surface area contributed by atoms with E-state index in [0.29, 0.717) is 27.8 Å². The van der Waals surface area contributed by atoms with Crippen molar-refractivity contribution in [3.8, 4) is 10.8 Å². The van der Waals surface area contributed by atoms with Gasteiger partial charge in [0, 0.05) is 30.1 Å². The number of thiophene rings is 1. The highest BCUT2D eigenvalue weighted by molar-refractivity contribution is 7.21. The largest absolute Gasteiger partial charge is 0.496 e. The quantitative estimate of drug-likeness (QED) is 0.324. The van der Waals surface area contributed by atoms with Crippen LogP contribution in [0.2, 0.25) is 0 Å². The number of fused-ring (bicyclic) bond motifs is 1. The van der Waals surface area contributed by atoms with Gasteiger partial charge in [-0.05, 0) is 38.8 Å². The van der Waals surface area contributed by atoms with Gasteiger partial charge in [0.15, 0.2) is 0 Å². The lowest BCUT2D eigenvalue weighted by molar-refractivity contribution is -0.146. The third kappa shape index (κ3) is 4.79. The van der Waals surface area contributed by atoms with Crippen molar-refractivity contribution in [2.75, 3.05) is 13.7 Å². The fraction of sp³-hybridized carbons (Fsp3) is 0.407. The first-order valence-corrected chi connectivity index (χ1v) is 13.1. The van der Waals surface area contributed by atoms with Crippen molar-refractivity contribution < 1.29 is 19.4 Å². The van der Waals surface area contributed by atoms with E-state index in [-0.39, 0.29) is 17.8 Å². The zero-order valence-corrected chi connectivity index (χ0v) is 23.1. The number of methoxy groups -OCH3 is 1. The van der Waals surface area contributed by atoms with Crippen molar-refractivity contribution in [3.63, 3.8) is 0 Å². The molecule has 4 aromatic rings. The van der Waals surface area contributed by atoms with Crippen LogP contribution in [-0.2, 0) is 21.6 Å². The first-order chi connectivity index (χ1) is 18.0. The van der Waals surface area contributed by atoms with Crippen LogP contribution in [0.5, 0.6) is 5.75 Å². The SMILES string of the molecule is COc1ccccc1[C@H](Cn1c(=O)n(C(C)(C)C(=O)O)c(=O)c2c(C)c(-n3cccn3)sc21)OCC(C)C. The highest BCUT2D eigenvalue weighted by Gasteiger charge is 2.36. The number of aryl methyl sites for hydroxylation is 1. The zero-order valence-electron chi connectivity index (χ0n) is 22.3. The number of carboxylic acid groups (broad SMARTS) is 1. The van der Waals surface area contributed by atoms with E-state index in [0.717, 1.165) is 10.1 Å². The van der Waals surface area contributed by atoms with Gasteiger partial charge in [-0.1, -0.05) is 43.4 Å². The Labute approximate surface area is 223 Å². The number of ether oxygens (including phenoxy) is 2. The van der Waals surface area contributed by atoms with E-state index in [1.54, 1.807) is 37.2 Å². The monoisotopic (exact) mass is 540 g/mol. The molecule has 0 fully saturated rings. The molecule has 0 spiro atoms. The van der Waals surface area contributed by atoms with Crippen LogP contribution >= 0.6 is 11.3 Å². The lowest BCUT2D eigenvalue weighted by atomic mass is 10.1. The van der Waals surface area contributed by atoms with Crippen LogP contribution < -0.4 is 16.0 Å². The minimum Gasteiger partial charge on any atom is -0.496 e. The summed E-state index contributed by atoms with van der Waals surface area (Å²) in [6.07, 6.45) is 2.77. The summed E-state index contributed by atoms with van der Waals surface area (Å²) in [7, 11) is 1.57. The van der Waals surface area contributed by atoms with Crippen molar-refractivity contribution >= 4 is 27.5 Å². The van der Waals surface area contributed by atoms with Gasteiger partial charge in [-0.2, -0.15) is 5.10 Å². The van der Waals surface area contributed by atoms with Gasteiger partial charge in [-0.3, -0.25) is 9.36 Å². The van der Waals surface area contributed by atoms with Crippen LogP contribution in [0.25, 0.3) is 15.2 Å².